The summed E-state index contributed by atoms with van der Waals surface area (Å²) < 4.78 is 18.5. The Morgan fingerprint density at radius 3 is 2.90 bits per heavy atom. The lowest BCUT2D eigenvalue weighted by atomic mass is 9.97. The van der Waals surface area contributed by atoms with Gasteiger partial charge in [0.1, 0.15) is 0 Å². The number of benzene rings is 1. The van der Waals surface area contributed by atoms with E-state index in [1.165, 1.54) is 30.9 Å². The lowest BCUT2D eigenvalue weighted by Crippen LogP contribution is -2.26. The Bertz CT molecular complexity index is 499. The van der Waals surface area contributed by atoms with Crippen LogP contribution in [-0.2, 0) is 4.79 Å². The number of para-hydroxylation sites is 1. The van der Waals surface area contributed by atoms with Crippen molar-refractivity contribution in [1.82, 2.24) is 5.32 Å². The summed E-state index contributed by atoms with van der Waals surface area (Å²) >= 11 is 0. The van der Waals surface area contributed by atoms with Crippen molar-refractivity contribution in [1.29, 1.82) is 0 Å². The van der Waals surface area contributed by atoms with Gasteiger partial charge < -0.3 is 10.1 Å². The van der Waals surface area contributed by atoms with Crippen molar-refractivity contribution >= 4 is 5.91 Å². The molecular weight excluding hydrogens is 269 g/mol. The molecule has 0 unspecified atom stereocenters. The molecule has 0 saturated heterocycles. The number of carbonyl (C=O) groups excluding carboxylic acids is 1. The third-order valence-corrected chi connectivity index (χ3v) is 3.58. The molecule has 0 saturated carbocycles. The Morgan fingerprint density at radius 2 is 2.14 bits per heavy atom. The van der Waals surface area contributed by atoms with Gasteiger partial charge in [-0.25, -0.2) is 4.39 Å². The molecule has 3 nitrogen and oxygen atoms in total. The third-order valence-electron chi connectivity index (χ3n) is 3.58. The highest BCUT2D eigenvalue weighted by Gasteiger charge is 2.06. The van der Waals surface area contributed by atoms with Crippen LogP contribution < -0.4 is 10.1 Å². The summed E-state index contributed by atoms with van der Waals surface area (Å²) in [5.74, 6) is -0.262. The highest BCUT2D eigenvalue weighted by atomic mass is 19.1. The Balaban J connectivity index is 1.59. The fraction of sp³-hybridized carbons (Fsp3) is 0.471. The molecule has 21 heavy (non-hydrogen) atoms. The number of hydrogen-bond donors (Lipinski definition) is 1. The van der Waals surface area contributed by atoms with Gasteiger partial charge in [-0.1, -0.05) is 23.8 Å². The van der Waals surface area contributed by atoms with Crippen LogP contribution in [0, 0.1) is 5.82 Å². The summed E-state index contributed by atoms with van der Waals surface area (Å²) in [5.41, 5.74) is 1.45. The Labute approximate surface area is 125 Å². The Hall–Kier alpha value is -1.84. The molecule has 1 amide bonds. The van der Waals surface area contributed by atoms with E-state index in [-0.39, 0.29) is 24.7 Å². The monoisotopic (exact) mass is 291 g/mol. The highest BCUT2D eigenvalue weighted by molar-refractivity contribution is 5.75. The summed E-state index contributed by atoms with van der Waals surface area (Å²) in [6, 6.07) is 6.21. The lowest BCUT2D eigenvalue weighted by molar-refractivity contribution is -0.121. The van der Waals surface area contributed by atoms with Gasteiger partial charge in [0.15, 0.2) is 11.6 Å². The molecule has 4 heteroatoms. The molecule has 0 fully saturated rings. The van der Waals surface area contributed by atoms with Crippen LogP contribution in [0.1, 0.15) is 38.5 Å². The zero-order valence-corrected chi connectivity index (χ0v) is 12.2. The average Bonchev–Trinajstić information content (AvgIpc) is 2.50. The third kappa shape index (κ3) is 5.58. The van der Waals surface area contributed by atoms with Crippen LogP contribution in [0.5, 0.6) is 5.75 Å². The molecule has 1 aromatic carbocycles. The maximum atomic E-state index is 13.3. The zero-order chi connectivity index (χ0) is 14.9. The van der Waals surface area contributed by atoms with Crippen LogP contribution in [0.4, 0.5) is 4.39 Å². The fourth-order valence-corrected chi connectivity index (χ4v) is 2.40. The van der Waals surface area contributed by atoms with Gasteiger partial charge in [0.25, 0.3) is 0 Å². The molecule has 0 heterocycles. The molecule has 1 aliphatic rings. The first-order valence-electron chi connectivity index (χ1n) is 7.57. The number of carbonyl (C=O) groups is 1. The van der Waals surface area contributed by atoms with E-state index in [0.29, 0.717) is 6.54 Å². The number of amides is 1. The number of ether oxygens (including phenoxy) is 1. The number of allylic oxidation sites excluding steroid dienone is 1. The number of rotatable bonds is 7. The molecule has 0 aliphatic heterocycles. The predicted octanol–water partition coefficient (Wildman–Crippen LogP) is 3.60. The Morgan fingerprint density at radius 1 is 1.29 bits per heavy atom. The van der Waals surface area contributed by atoms with E-state index in [1.807, 2.05) is 0 Å². The second-order valence-corrected chi connectivity index (χ2v) is 5.24. The van der Waals surface area contributed by atoms with Crippen molar-refractivity contribution in [3.05, 3.63) is 41.7 Å². The normalized spacial score (nSPS) is 14.4. The average molecular weight is 291 g/mol. The molecule has 2 rings (SSSR count). The summed E-state index contributed by atoms with van der Waals surface area (Å²) in [6.45, 7) is 0.861. The number of halogens is 1. The molecule has 1 aromatic rings. The van der Waals surface area contributed by atoms with Gasteiger partial charge in [-0.05, 0) is 44.2 Å². The molecule has 0 radical (unpaired) electrons. The van der Waals surface area contributed by atoms with Crippen molar-refractivity contribution in [2.75, 3.05) is 13.2 Å². The van der Waals surface area contributed by atoms with Crippen LogP contribution in [0.25, 0.3) is 0 Å². The molecule has 0 atom stereocenters. The van der Waals surface area contributed by atoms with Gasteiger partial charge in [-0.3, -0.25) is 4.79 Å². The van der Waals surface area contributed by atoms with Crippen LogP contribution >= 0.6 is 0 Å². The summed E-state index contributed by atoms with van der Waals surface area (Å²) in [5, 5.41) is 2.88. The van der Waals surface area contributed by atoms with E-state index in [4.69, 9.17) is 4.74 Å². The van der Waals surface area contributed by atoms with Crippen molar-refractivity contribution in [2.24, 2.45) is 0 Å². The molecule has 0 bridgehead atoms. The summed E-state index contributed by atoms with van der Waals surface area (Å²) in [4.78, 5) is 11.7. The summed E-state index contributed by atoms with van der Waals surface area (Å²) in [6.07, 6.45) is 8.33. The first-order chi connectivity index (χ1) is 10.3. The zero-order valence-electron chi connectivity index (χ0n) is 12.2. The molecule has 0 aromatic heterocycles. The van der Waals surface area contributed by atoms with Crippen LogP contribution in [-0.4, -0.2) is 19.1 Å². The van der Waals surface area contributed by atoms with E-state index in [2.05, 4.69) is 11.4 Å². The van der Waals surface area contributed by atoms with E-state index in [9.17, 15) is 9.18 Å². The maximum absolute atomic E-state index is 13.3. The van der Waals surface area contributed by atoms with Gasteiger partial charge in [0.2, 0.25) is 5.91 Å². The molecular formula is C17H22FNO2. The molecule has 1 aliphatic carbocycles. The topological polar surface area (TPSA) is 38.3 Å². The van der Waals surface area contributed by atoms with Crippen molar-refractivity contribution in [3.8, 4) is 5.75 Å². The second-order valence-electron chi connectivity index (χ2n) is 5.24. The summed E-state index contributed by atoms with van der Waals surface area (Å²) in [7, 11) is 0. The minimum absolute atomic E-state index is 0.0530. The van der Waals surface area contributed by atoms with E-state index in [0.717, 1.165) is 12.8 Å². The van der Waals surface area contributed by atoms with Gasteiger partial charge in [-0.2, -0.15) is 0 Å². The van der Waals surface area contributed by atoms with Gasteiger partial charge >= 0.3 is 0 Å². The first kappa shape index (κ1) is 15.5. The largest absolute Gasteiger partial charge is 0.490 e. The molecule has 1 N–H and O–H groups in total. The van der Waals surface area contributed by atoms with Crippen molar-refractivity contribution < 1.29 is 13.9 Å². The minimum Gasteiger partial charge on any atom is -0.490 e. The number of hydrogen-bond acceptors (Lipinski definition) is 2. The Kier molecular flexibility index (Phi) is 6.25. The van der Waals surface area contributed by atoms with Crippen LogP contribution in [0.3, 0.4) is 0 Å². The first-order valence-corrected chi connectivity index (χ1v) is 7.57. The minimum atomic E-state index is -0.401. The fourth-order valence-electron chi connectivity index (χ4n) is 2.40. The van der Waals surface area contributed by atoms with Gasteiger partial charge in [0, 0.05) is 6.54 Å². The maximum Gasteiger partial charge on any atom is 0.223 e. The van der Waals surface area contributed by atoms with Gasteiger partial charge in [0.05, 0.1) is 13.0 Å². The molecule has 114 valence electrons. The van der Waals surface area contributed by atoms with E-state index >= 15 is 0 Å². The van der Waals surface area contributed by atoms with Gasteiger partial charge in [-0.15, -0.1) is 0 Å². The molecule has 0 spiro atoms. The smallest absolute Gasteiger partial charge is 0.223 e. The second kappa shape index (κ2) is 8.45. The van der Waals surface area contributed by atoms with Crippen molar-refractivity contribution in [3.63, 3.8) is 0 Å². The number of nitrogens with one attached hydrogen (secondary N) is 1. The van der Waals surface area contributed by atoms with Crippen LogP contribution in [0.15, 0.2) is 35.9 Å². The predicted molar refractivity (Wildman–Crippen MR) is 80.7 cm³/mol. The van der Waals surface area contributed by atoms with E-state index < -0.39 is 5.82 Å². The van der Waals surface area contributed by atoms with Crippen LogP contribution in [0.2, 0.25) is 0 Å². The standard InChI is InChI=1S/C17H22FNO2/c18-15-8-4-5-9-16(15)21-13-11-17(20)19-12-10-14-6-2-1-3-7-14/h4-6,8-9H,1-3,7,10-13H2,(H,19,20). The van der Waals surface area contributed by atoms with Crippen molar-refractivity contribution in [2.45, 2.75) is 38.5 Å². The quantitative estimate of drug-likeness (QED) is 0.779. The SMILES string of the molecule is O=C(CCOc1ccccc1F)NCCC1=CCCCC1. The van der Waals surface area contributed by atoms with E-state index in [1.54, 1.807) is 18.2 Å². The lowest BCUT2D eigenvalue weighted by Gasteiger charge is -2.13. The highest BCUT2D eigenvalue weighted by Crippen LogP contribution is 2.19.